The SMILES string of the molecule is CNCC1CCN(Cc2sccc2C)CC1. The fourth-order valence-electron chi connectivity index (χ4n) is 2.41. The van der Waals surface area contributed by atoms with Gasteiger partial charge in [-0.2, -0.15) is 0 Å². The Balaban J connectivity index is 1.79. The first kappa shape index (κ1) is 12.1. The van der Waals surface area contributed by atoms with Gasteiger partial charge in [0.2, 0.25) is 0 Å². The van der Waals surface area contributed by atoms with Gasteiger partial charge in [0.05, 0.1) is 0 Å². The molecule has 2 nitrogen and oxygen atoms in total. The van der Waals surface area contributed by atoms with Crippen LogP contribution in [0.5, 0.6) is 0 Å². The van der Waals surface area contributed by atoms with Crippen LogP contribution in [0.2, 0.25) is 0 Å². The number of aryl methyl sites for hydroxylation is 1. The van der Waals surface area contributed by atoms with Crippen molar-refractivity contribution in [2.45, 2.75) is 26.3 Å². The van der Waals surface area contributed by atoms with Crippen molar-refractivity contribution in [3.8, 4) is 0 Å². The molecule has 1 aliphatic rings. The lowest BCUT2D eigenvalue weighted by atomic mass is 9.97. The lowest BCUT2D eigenvalue weighted by Gasteiger charge is -2.31. The van der Waals surface area contributed by atoms with E-state index in [9.17, 15) is 0 Å². The Hall–Kier alpha value is -0.380. The molecule has 0 unspecified atom stereocenters. The first-order chi connectivity index (χ1) is 7.79. The molecule has 16 heavy (non-hydrogen) atoms. The molecule has 0 aromatic carbocycles. The number of nitrogens with zero attached hydrogens (tertiary/aromatic N) is 1. The topological polar surface area (TPSA) is 15.3 Å². The summed E-state index contributed by atoms with van der Waals surface area (Å²) >= 11 is 1.90. The van der Waals surface area contributed by atoms with Crippen LogP contribution in [0.25, 0.3) is 0 Å². The summed E-state index contributed by atoms with van der Waals surface area (Å²) in [7, 11) is 2.06. The molecule has 1 N–H and O–H groups in total. The van der Waals surface area contributed by atoms with Crippen LogP contribution in [0, 0.1) is 12.8 Å². The fourth-order valence-corrected chi connectivity index (χ4v) is 3.35. The molecular weight excluding hydrogens is 216 g/mol. The van der Waals surface area contributed by atoms with Gasteiger partial charge >= 0.3 is 0 Å². The number of hydrogen-bond acceptors (Lipinski definition) is 3. The van der Waals surface area contributed by atoms with Crippen LogP contribution in [-0.4, -0.2) is 31.6 Å². The highest BCUT2D eigenvalue weighted by Crippen LogP contribution is 2.22. The molecular formula is C13H22N2S. The maximum atomic E-state index is 3.29. The molecule has 0 radical (unpaired) electrons. The molecule has 1 aromatic rings. The summed E-state index contributed by atoms with van der Waals surface area (Å²) in [5.41, 5.74) is 1.46. The van der Waals surface area contributed by atoms with Crippen LogP contribution in [0.4, 0.5) is 0 Å². The predicted octanol–water partition coefficient (Wildman–Crippen LogP) is 2.49. The van der Waals surface area contributed by atoms with Gasteiger partial charge in [-0.25, -0.2) is 0 Å². The number of thiophene rings is 1. The average Bonchev–Trinajstić information content (AvgIpc) is 2.68. The van der Waals surface area contributed by atoms with Crippen molar-refractivity contribution in [2.24, 2.45) is 5.92 Å². The molecule has 0 bridgehead atoms. The van der Waals surface area contributed by atoms with E-state index in [1.54, 1.807) is 4.88 Å². The quantitative estimate of drug-likeness (QED) is 0.867. The number of piperidine rings is 1. The van der Waals surface area contributed by atoms with Crippen molar-refractivity contribution >= 4 is 11.3 Å². The number of likely N-dealkylation sites (tertiary alicyclic amines) is 1. The largest absolute Gasteiger partial charge is 0.319 e. The summed E-state index contributed by atoms with van der Waals surface area (Å²) in [4.78, 5) is 4.15. The van der Waals surface area contributed by atoms with Crippen molar-refractivity contribution in [3.05, 3.63) is 21.9 Å². The summed E-state index contributed by atoms with van der Waals surface area (Å²) in [6.45, 7) is 7.11. The third-order valence-electron chi connectivity index (χ3n) is 3.54. The molecule has 1 fully saturated rings. The maximum absolute atomic E-state index is 3.29. The van der Waals surface area contributed by atoms with Gasteiger partial charge in [-0.3, -0.25) is 4.90 Å². The zero-order chi connectivity index (χ0) is 11.4. The maximum Gasteiger partial charge on any atom is 0.0330 e. The molecule has 2 rings (SSSR count). The predicted molar refractivity (Wildman–Crippen MR) is 71.0 cm³/mol. The van der Waals surface area contributed by atoms with E-state index in [0.29, 0.717) is 0 Å². The molecule has 0 aliphatic carbocycles. The summed E-state index contributed by atoms with van der Waals surface area (Å²) in [5, 5.41) is 5.50. The standard InChI is InChI=1S/C13H22N2S/c1-11-5-8-16-13(11)10-15-6-3-12(4-7-15)9-14-2/h5,8,12,14H,3-4,6-7,9-10H2,1-2H3. The second-order valence-corrected chi connectivity index (χ2v) is 5.80. The molecule has 0 atom stereocenters. The van der Waals surface area contributed by atoms with Gasteiger partial charge in [-0.15, -0.1) is 11.3 Å². The van der Waals surface area contributed by atoms with E-state index >= 15 is 0 Å². The summed E-state index contributed by atoms with van der Waals surface area (Å²) < 4.78 is 0. The van der Waals surface area contributed by atoms with Crippen LogP contribution in [0.3, 0.4) is 0 Å². The van der Waals surface area contributed by atoms with Gasteiger partial charge in [-0.1, -0.05) is 0 Å². The Kier molecular flexibility index (Phi) is 4.38. The van der Waals surface area contributed by atoms with Gasteiger partial charge in [0.15, 0.2) is 0 Å². The molecule has 1 aliphatic heterocycles. The minimum absolute atomic E-state index is 0.894. The molecule has 0 spiro atoms. The summed E-state index contributed by atoms with van der Waals surface area (Å²) in [6, 6.07) is 2.23. The van der Waals surface area contributed by atoms with Gasteiger partial charge in [0.25, 0.3) is 0 Å². The third kappa shape index (κ3) is 3.06. The van der Waals surface area contributed by atoms with Crippen molar-refractivity contribution in [1.82, 2.24) is 10.2 Å². The van der Waals surface area contributed by atoms with Crippen LogP contribution < -0.4 is 5.32 Å². The summed E-state index contributed by atoms with van der Waals surface area (Å²) in [5.74, 6) is 0.894. The highest BCUT2D eigenvalue weighted by molar-refractivity contribution is 7.10. The Morgan fingerprint density at radius 1 is 1.44 bits per heavy atom. The first-order valence-corrected chi connectivity index (χ1v) is 7.07. The molecule has 0 amide bonds. The van der Waals surface area contributed by atoms with Gasteiger partial charge < -0.3 is 5.32 Å². The lowest BCUT2D eigenvalue weighted by molar-refractivity contribution is 0.178. The normalized spacial score (nSPS) is 19.1. The van der Waals surface area contributed by atoms with Gasteiger partial charge in [0.1, 0.15) is 0 Å². The van der Waals surface area contributed by atoms with E-state index in [1.165, 1.54) is 38.0 Å². The molecule has 0 saturated carbocycles. The summed E-state index contributed by atoms with van der Waals surface area (Å²) in [6.07, 6.45) is 2.70. The Bertz CT molecular complexity index is 313. The Morgan fingerprint density at radius 2 is 2.19 bits per heavy atom. The molecule has 3 heteroatoms. The highest BCUT2D eigenvalue weighted by Gasteiger charge is 2.19. The van der Waals surface area contributed by atoms with Crippen molar-refractivity contribution < 1.29 is 0 Å². The van der Waals surface area contributed by atoms with Crippen LogP contribution >= 0.6 is 11.3 Å². The number of hydrogen-bond donors (Lipinski definition) is 1. The monoisotopic (exact) mass is 238 g/mol. The van der Waals surface area contributed by atoms with E-state index in [4.69, 9.17) is 0 Å². The first-order valence-electron chi connectivity index (χ1n) is 6.19. The zero-order valence-electron chi connectivity index (χ0n) is 10.3. The smallest absolute Gasteiger partial charge is 0.0330 e. The second-order valence-electron chi connectivity index (χ2n) is 4.80. The lowest BCUT2D eigenvalue weighted by Crippen LogP contribution is -2.36. The van der Waals surface area contributed by atoms with Crippen LogP contribution in [0.15, 0.2) is 11.4 Å². The highest BCUT2D eigenvalue weighted by atomic mass is 32.1. The molecule has 2 heterocycles. The fraction of sp³-hybridized carbons (Fsp3) is 0.692. The van der Waals surface area contributed by atoms with Gasteiger partial charge in [0, 0.05) is 11.4 Å². The minimum Gasteiger partial charge on any atom is -0.319 e. The van der Waals surface area contributed by atoms with Crippen molar-refractivity contribution in [1.29, 1.82) is 0 Å². The van der Waals surface area contributed by atoms with E-state index < -0.39 is 0 Å². The van der Waals surface area contributed by atoms with E-state index in [-0.39, 0.29) is 0 Å². The minimum atomic E-state index is 0.894. The zero-order valence-corrected chi connectivity index (χ0v) is 11.1. The molecule has 90 valence electrons. The van der Waals surface area contributed by atoms with E-state index in [0.717, 1.165) is 12.5 Å². The third-order valence-corrected chi connectivity index (χ3v) is 4.54. The number of nitrogens with one attached hydrogen (secondary N) is 1. The molecule has 1 saturated heterocycles. The second kappa shape index (κ2) is 5.80. The Morgan fingerprint density at radius 3 is 2.75 bits per heavy atom. The van der Waals surface area contributed by atoms with Crippen molar-refractivity contribution in [3.63, 3.8) is 0 Å². The average molecular weight is 238 g/mol. The number of rotatable bonds is 4. The van der Waals surface area contributed by atoms with Crippen LogP contribution in [-0.2, 0) is 6.54 Å². The van der Waals surface area contributed by atoms with E-state index in [1.807, 2.05) is 11.3 Å². The van der Waals surface area contributed by atoms with E-state index in [2.05, 4.69) is 35.6 Å². The Labute approximate surface area is 103 Å². The van der Waals surface area contributed by atoms with Crippen molar-refractivity contribution in [2.75, 3.05) is 26.7 Å². The molecule has 1 aromatic heterocycles. The van der Waals surface area contributed by atoms with Gasteiger partial charge in [-0.05, 0) is 69.4 Å². The van der Waals surface area contributed by atoms with Crippen LogP contribution in [0.1, 0.15) is 23.3 Å².